The number of hydrogen-bond acceptors (Lipinski definition) is 5. The Hall–Kier alpha value is -1.87. The van der Waals surface area contributed by atoms with Crippen LogP contribution in [-0.4, -0.2) is 56.0 Å². The highest BCUT2D eigenvalue weighted by atomic mass is 32.1. The third-order valence-corrected chi connectivity index (χ3v) is 5.43. The number of nitrogens with zero attached hydrogens (tertiary/aromatic N) is 5. The molecular formula is C16H19F2N5OS. The summed E-state index contributed by atoms with van der Waals surface area (Å²) in [5.74, 6) is -2.96. The van der Waals surface area contributed by atoms with Gasteiger partial charge in [0.25, 0.3) is 5.92 Å². The predicted molar refractivity (Wildman–Crippen MR) is 88.4 cm³/mol. The number of alkyl halides is 2. The summed E-state index contributed by atoms with van der Waals surface area (Å²) < 4.78 is 27.9. The zero-order valence-electron chi connectivity index (χ0n) is 13.9. The van der Waals surface area contributed by atoms with Crippen molar-refractivity contribution in [1.82, 2.24) is 24.6 Å². The van der Waals surface area contributed by atoms with E-state index in [0.717, 1.165) is 22.9 Å². The van der Waals surface area contributed by atoms with E-state index in [2.05, 4.69) is 15.0 Å². The number of aromatic nitrogens is 3. The van der Waals surface area contributed by atoms with E-state index in [4.69, 9.17) is 0 Å². The van der Waals surface area contributed by atoms with Crippen LogP contribution in [0.25, 0.3) is 0 Å². The number of hydrogen-bond donors (Lipinski definition) is 0. The predicted octanol–water partition coefficient (Wildman–Crippen LogP) is 2.07. The Labute approximate surface area is 148 Å². The van der Waals surface area contributed by atoms with Crippen LogP contribution in [0.5, 0.6) is 0 Å². The van der Waals surface area contributed by atoms with Crippen molar-refractivity contribution < 1.29 is 13.6 Å². The summed E-state index contributed by atoms with van der Waals surface area (Å²) in [7, 11) is 0. The van der Waals surface area contributed by atoms with Crippen molar-refractivity contribution in [2.24, 2.45) is 0 Å². The molecule has 2 aromatic rings. The van der Waals surface area contributed by atoms with Gasteiger partial charge in [-0.25, -0.2) is 13.8 Å². The average molecular weight is 367 g/mol. The summed E-state index contributed by atoms with van der Waals surface area (Å²) in [6, 6.07) is 1.80. The number of aryl methyl sites for hydroxylation is 1. The standard InChI is InChI=1S/C16H19F2N5OS/c1-11-20-12(8-25-11)5-21-6-13-2-3-19-23(13)14(7-21)4-15(24)22-9-16(17,18)10-22/h2-3,8,14H,4-7,9-10H2,1H3/t14-/m0/s1. The zero-order valence-corrected chi connectivity index (χ0v) is 14.7. The lowest BCUT2D eigenvalue weighted by atomic mass is 10.1. The van der Waals surface area contributed by atoms with Crippen molar-refractivity contribution in [3.05, 3.63) is 34.0 Å². The Bertz CT molecular complexity index is 781. The molecule has 0 spiro atoms. The van der Waals surface area contributed by atoms with Crippen molar-refractivity contribution in [2.75, 3.05) is 19.6 Å². The number of amides is 1. The molecule has 2 aromatic heterocycles. The molecule has 0 radical (unpaired) electrons. The molecular weight excluding hydrogens is 348 g/mol. The molecule has 134 valence electrons. The van der Waals surface area contributed by atoms with E-state index in [0.29, 0.717) is 13.1 Å². The van der Waals surface area contributed by atoms with E-state index in [-0.39, 0.29) is 18.4 Å². The lowest BCUT2D eigenvalue weighted by Crippen LogP contribution is -2.58. The zero-order chi connectivity index (χ0) is 17.6. The van der Waals surface area contributed by atoms with E-state index in [9.17, 15) is 13.6 Å². The molecule has 25 heavy (non-hydrogen) atoms. The van der Waals surface area contributed by atoms with Crippen LogP contribution in [0.2, 0.25) is 0 Å². The van der Waals surface area contributed by atoms with Crippen LogP contribution in [0.3, 0.4) is 0 Å². The lowest BCUT2D eigenvalue weighted by molar-refractivity contribution is -0.166. The topological polar surface area (TPSA) is 54.3 Å². The molecule has 2 aliphatic rings. The van der Waals surface area contributed by atoms with Gasteiger partial charge in [0, 0.05) is 31.2 Å². The van der Waals surface area contributed by atoms with E-state index < -0.39 is 19.0 Å². The number of thiazole rings is 1. The van der Waals surface area contributed by atoms with E-state index in [1.807, 2.05) is 23.1 Å². The maximum atomic E-state index is 13.0. The van der Waals surface area contributed by atoms with Crippen molar-refractivity contribution in [3.63, 3.8) is 0 Å². The molecule has 0 aromatic carbocycles. The maximum Gasteiger partial charge on any atom is 0.282 e. The molecule has 1 atom stereocenters. The monoisotopic (exact) mass is 367 g/mol. The van der Waals surface area contributed by atoms with Crippen LogP contribution in [0.1, 0.15) is 28.9 Å². The number of rotatable bonds is 4. The molecule has 4 rings (SSSR count). The van der Waals surface area contributed by atoms with Gasteiger partial charge in [0.05, 0.1) is 41.9 Å². The molecule has 1 amide bonds. The summed E-state index contributed by atoms with van der Waals surface area (Å²) in [4.78, 5) is 20.3. The lowest BCUT2D eigenvalue weighted by Gasteiger charge is -2.40. The number of carbonyl (C=O) groups excluding carboxylic acids is 1. The normalized spacial score (nSPS) is 22.5. The minimum atomic E-state index is -2.73. The molecule has 4 heterocycles. The smallest absolute Gasteiger partial charge is 0.282 e. The van der Waals surface area contributed by atoms with Crippen LogP contribution in [-0.2, 0) is 17.9 Å². The molecule has 1 saturated heterocycles. The molecule has 6 nitrogen and oxygen atoms in total. The Morgan fingerprint density at radius 3 is 2.92 bits per heavy atom. The molecule has 0 N–H and O–H groups in total. The van der Waals surface area contributed by atoms with Gasteiger partial charge in [0.1, 0.15) is 0 Å². The number of carbonyl (C=O) groups is 1. The van der Waals surface area contributed by atoms with Crippen LogP contribution >= 0.6 is 11.3 Å². The molecule has 2 aliphatic heterocycles. The number of fused-ring (bicyclic) bond motifs is 1. The highest BCUT2D eigenvalue weighted by Gasteiger charge is 2.46. The molecule has 0 aliphatic carbocycles. The summed E-state index contributed by atoms with van der Waals surface area (Å²) >= 11 is 1.62. The first-order chi connectivity index (χ1) is 11.9. The third kappa shape index (κ3) is 3.43. The van der Waals surface area contributed by atoms with Crippen LogP contribution in [0.15, 0.2) is 17.6 Å². The van der Waals surface area contributed by atoms with Gasteiger partial charge in [-0.3, -0.25) is 14.4 Å². The number of likely N-dealkylation sites (tertiary alicyclic amines) is 1. The highest BCUT2D eigenvalue weighted by molar-refractivity contribution is 7.09. The van der Waals surface area contributed by atoms with E-state index in [1.165, 1.54) is 4.90 Å². The average Bonchev–Trinajstić information content (AvgIpc) is 3.13. The van der Waals surface area contributed by atoms with Crippen LogP contribution in [0, 0.1) is 6.92 Å². The first-order valence-electron chi connectivity index (χ1n) is 8.21. The van der Waals surface area contributed by atoms with Crippen LogP contribution in [0.4, 0.5) is 8.78 Å². The van der Waals surface area contributed by atoms with Crippen molar-refractivity contribution in [3.8, 4) is 0 Å². The van der Waals surface area contributed by atoms with Gasteiger partial charge in [-0.05, 0) is 13.0 Å². The largest absolute Gasteiger partial charge is 0.330 e. The summed E-state index contributed by atoms with van der Waals surface area (Å²) in [6.07, 6.45) is 1.92. The second-order valence-corrected chi connectivity index (χ2v) is 7.82. The number of halogens is 2. The Balaban J connectivity index is 1.44. The van der Waals surface area contributed by atoms with Crippen molar-refractivity contribution in [1.29, 1.82) is 0 Å². The van der Waals surface area contributed by atoms with Crippen molar-refractivity contribution >= 4 is 17.2 Å². The molecule has 1 fully saturated rings. The second-order valence-electron chi connectivity index (χ2n) is 6.76. The van der Waals surface area contributed by atoms with Crippen LogP contribution < -0.4 is 0 Å². The molecule has 0 unspecified atom stereocenters. The Morgan fingerprint density at radius 2 is 2.24 bits per heavy atom. The van der Waals surface area contributed by atoms with Gasteiger partial charge in [-0.15, -0.1) is 11.3 Å². The summed E-state index contributed by atoms with van der Waals surface area (Å²) in [6.45, 7) is 3.15. The fourth-order valence-electron chi connectivity index (χ4n) is 3.47. The molecule has 0 saturated carbocycles. The second kappa shape index (κ2) is 6.14. The Morgan fingerprint density at radius 1 is 1.44 bits per heavy atom. The molecule has 0 bridgehead atoms. The third-order valence-electron chi connectivity index (χ3n) is 4.61. The van der Waals surface area contributed by atoms with E-state index in [1.54, 1.807) is 17.5 Å². The van der Waals surface area contributed by atoms with Gasteiger partial charge in [0.15, 0.2) is 0 Å². The van der Waals surface area contributed by atoms with Gasteiger partial charge >= 0.3 is 0 Å². The SMILES string of the molecule is Cc1nc(CN2Cc3ccnn3[C@@H](CC(=O)N3CC(F)(F)C3)C2)cs1. The summed E-state index contributed by atoms with van der Waals surface area (Å²) in [5, 5.41) is 7.40. The highest BCUT2D eigenvalue weighted by Crippen LogP contribution is 2.30. The van der Waals surface area contributed by atoms with E-state index >= 15 is 0 Å². The minimum absolute atomic E-state index is 0.139. The van der Waals surface area contributed by atoms with Gasteiger partial charge < -0.3 is 4.90 Å². The quantitative estimate of drug-likeness (QED) is 0.830. The molecule has 9 heteroatoms. The fourth-order valence-corrected chi connectivity index (χ4v) is 4.07. The van der Waals surface area contributed by atoms with Crippen molar-refractivity contribution in [2.45, 2.75) is 38.4 Å². The van der Waals surface area contributed by atoms with Gasteiger partial charge in [-0.2, -0.15) is 5.10 Å². The minimum Gasteiger partial charge on any atom is -0.330 e. The van der Waals surface area contributed by atoms with Gasteiger partial charge in [-0.1, -0.05) is 0 Å². The first-order valence-corrected chi connectivity index (χ1v) is 9.09. The Kier molecular flexibility index (Phi) is 4.07. The maximum absolute atomic E-state index is 13.0. The summed E-state index contributed by atoms with van der Waals surface area (Å²) in [5.41, 5.74) is 2.05. The fraction of sp³-hybridized carbons (Fsp3) is 0.562. The first kappa shape index (κ1) is 16.6. The van der Waals surface area contributed by atoms with Gasteiger partial charge in [0.2, 0.25) is 5.91 Å².